The average molecular weight is 357 g/mol. The molecule has 6 heteroatoms. The first-order valence-electron chi connectivity index (χ1n) is 9.16. The van der Waals surface area contributed by atoms with E-state index < -0.39 is 0 Å². The lowest BCUT2D eigenvalue weighted by Gasteiger charge is -2.19. The van der Waals surface area contributed by atoms with E-state index in [1.54, 1.807) is 20.4 Å². The second-order valence-corrected chi connectivity index (χ2v) is 6.57. The lowest BCUT2D eigenvalue weighted by molar-refractivity contribution is -0.130. The van der Waals surface area contributed by atoms with Gasteiger partial charge in [-0.3, -0.25) is 4.79 Å². The standard InChI is InChI=1S/C20H27N3O3/c1-4-19-21-9-12-22(19)11-8-20(24)23-10-7-15(14-23)17-13-16(25-2)5-6-18(17)26-3/h5-6,9,12-13,15H,4,7-8,10-11,14H2,1-3H3/t15-/m1/s1. The number of aromatic nitrogens is 2. The molecule has 0 aliphatic carbocycles. The molecule has 0 N–H and O–H groups in total. The van der Waals surface area contributed by atoms with Gasteiger partial charge in [0.15, 0.2) is 0 Å². The topological polar surface area (TPSA) is 56.6 Å². The van der Waals surface area contributed by atoms with Gasteiger partial charge >= 0.3 is 0 Å². The van der Waals surface area contributed by atoms with Gasteiger partial charge < -0.3 is 18.9 Å². The monoisotopic (exact) mass is 357 g/mol. The minimum atomic E-state index is 0.199. The number of nitrogens with zero attached hydrogens (tertiary/aromatic N) is 3. The molecule has 26 heavy (non-hydrogen) atoms. The number of aryl methyl sites for hydroxylation is 2. The fourth-order valence-electron chi connectivity index (χ4n) is 3.63. The summed E-state index contributed by atoms with van der Waals surface area (Å²) in [5.74, 6) is 3.18. The number of imidazole rings is 1. The summed E-state index contributed by atoms with van der Waals surface area (Å²) in [6.45, 7) is 4.28. The molecule has 1 saturated heterocycles. The number of amides is 1. The van der Waals surface area contributed by atoms with Crippen molar-refractivity contribution < 1.29 is 14.3 Å². The predicted octanol–water partition coefficient (Wildman–Crippen LogP) is 2.87. The molecule has 6 nitrogen and oxygen atoms in total. The van der Waals surface area contributed by atoms with Crippen molar-refractivity contribution in [2.24, 2.45) is 0 Å². The van der Waals surface area contributed by atoms with E-state index in [9.17, 15) is 4.79 Å². The highest BCUT2D eigenvalue weighted by Crippen LogP contribution is 2.36. The normalized spacial score (nSPS) is 16.7. The molecule has 0 saturated carbocycles. The number of hydrogen-bond donors (Lipinski definition) is 0. The molecule has 140 valence electrons. The van der Waals surface area contributed by atoms with Crippen molar-refractivity contribution in [2.45, 2.75) is 38.6 Å². The minimum absolute atomic E-state index is 0.199. The van der Waals surface area contributed by atoms with Crippen LogP contribution in [0.25, 0.3) is 0 Å². The Hall–Kier alpha value is -2.50. The number of carbonyl (C=O) groups excluding carboxylic acids is 1. The van der Waals surface area contributed by atoms with Crippen LogP contribution in [-0.2, 0) is 17.8 Å². The van der Waals surface area contributed by atoms with Crippen LogP contribution in [0.5, 0.6) is 11.5 Å². The zero-order valence-corrected chi connectivity index (χ0v) is 15.8. The number of ether oxygens (including phenoxy) is 2. The first-order chi connectivity index (χ1) is 12.7. The number of benzene rings is 1. The molecule has 1 aliphatic rings. The van der Waals surface area contributed by atoms with Gasteiger partial charge in [0.2, 0.25) is 5.91 Å². The van der Waals surface area contributed by atoms with Gasteiger partial charge in [-0.25, -0.2) is 4.98 Å². The fourth-order valence-corrected chi connectivity index (χ4v) is 3.63. The number of likely N-dealkylation sites (tertiary alicyclic amines) is 1. The highest BCUT2D eigenvalue weighted by atomic mass is 16.5. The van der Waals surface area contributed by atoms with Crippen molar-refractivity contribution in [1.29, 1.82) is 0 Å². The molecule has 0 unspecified atom stereocenters. The Labute approximate surface area is 154 Å². The van der Waals surface area contributed by atoms with Gasteiger partial charge in [0.25, 0.3) is 0 Å². The summed E-state index contributed by atoms with van der Waals surface area (Å²) >= 11 is 0. The maximum atomic E-state index is 12.6. The van der Waals surface area contributed by atoms with Crippen LogP contribution in [0, 0.1) is 0 Å². The van der Waals surface area contributed by atoms with Gasteiger partial charge in [0.1, 0.15) is 17.3 Å². The molecule has 0 radical (unpaired) electrons. The Morgan fingerprint density at radius 1 is 1.31 bits per heavy atom. The van der Waals surface area contributed by atoms with Crippen LogP contribution in [0.3, 0.4) is 0 Å². The SMILES string of the molecule is CCc1nccn1CCC(=O)N1CC[C@@H](c2cc(OC)ccc2OC)C1. The lowest BCUT2D eigenvalue weighted by atomic mass is 9.97. The van der Waals surface area contributed by atoms with Gasteiger partial charge in [0, 0.05) is 56.4 Å². The third-order valence-electron chi connectivity index (χ3n) is 5.10. The summed E-state index contributed by atoms with van der Waals surface area (Å²) in [7, 11) is 3.34. The van der Waals surface area contributed by atoms with Crippen molar-refractivity contribution in [3.63, 3.8) is 0 Å². The highest BCUT2D eigenvalue weighted by molar-refractivity contribution is 5.76. The molecule has 0 spiro atoms. The summed E-state index contributed by atoms with van der Waals surface area (Å²) < 4.78 is 12.9. The lowest BCUT2D eigenvalue weighted by Crippen LogP contribution is -2.29. The van der Waals surface area contributed by atoms with Crippen LogP contribution < -0.4 is 9.47 Å². The Bertz CT molecular complexity index is 757. The van der Waals surface area contributed by atoms with Crippen LogP contribution in [0.15, 0.2) is 30.6 Å². The smallest absolute Gasteiger partial charge is 0.224 e. The van der Waals surface area contributed by atoms with Crippen LogP contribution >= 0.6 is 0 Å². The third kappa shape index (κ3) is 3.84. The fraction of sp³-hybridized carbons (Fsp3) is 0.500. The first kappa shape index (κ1) is 18.3. The molecule has 1 aromatic carbocycles. The van der Waals surface area contributed by atoms with Crippen LogP contribution in [0.4, 0.5) is 0 Å². The third-order valence-corrected chi connectivity index (χ3v) is 5.10. The van der Waals surface area contributed by atoms with E-state index in [0.717, 1.165) is 48.8 Å². The molecule has 1 aromatic heterocycles. The van der Waals surface area contributed by atoms with Crippen molar-refractivity contribution in [1.82, 2.24) is 14.5 Å². The van der Waals surface area contributed by atoms with Crippen molar-refractivity contribution in [2.75, 3.05) is 27.3 Å². The van der Waals surface area contributed by atoms with Gasteiger partial charge in [-0.1, -0.05) is 6.92 Å². The number of rotatable bonds is 7. The van der Waals surface area contributed by atoms with E-state index in [0.29, 0.717) is 13.0 Å². The molecular weight excluding hydrogens is 330 g/mol. The van der Waals surface area contributed by atoms with E-state index >= 15 is 0 Å². The second kappa shape index (κ2) is 8.25. The van der Waals surface area contributed by atoms with Gasteiger partial charge in [0.05, 0.1) is 14.2 Å². The van der Waals surface area contributed by atoms with Crippen LogP contribution in [0.1, 0.15) is 37.1 Å². The summed E-state index contributed by atoms with van der Waals surface area (Å²) in [6.07, 6.45) is 6.07. The van der Waals surface area contributed by atoms with Gasteiger partial charge in [-0.05, 0) is 24.6 Å². The predicted molar refractivity (Wildman–Crippen MR) is 99.7 cm³/mol. The Kier molecular flexibility index (Phi) is 5.81. The van der Waals surface area contributed by atoms with E-state index in [1.165, 1.54) is 0 Å². The second-order valence-electron chi connectivity index (χ2n) is 6.57. The molecule has 1 amide bonds. The molecule has 1 aliphatic heterocycles. The molecule has 3 rings (SSSR count). The van der Waals surface area contributed by atoms with Gasteiger partial charge in [-0.15, -0.1) is 0 Å². The zero-order valence-electron chi connectivity index (χ0n) is 15.8. The van der Waals surface area contributed by atoms with Crippen LogP contribution in [0.2, 0.25) is 0 Å². The molecule has 0 bridgehead atoms. The Morgan fingerprint density at radius 2 is 2.15 bits per heavy atom. The highest BCUT2D eigenvalue weighted by Gasteiger charge is 2.29. The molecular formula is C20H27N3O3. The Balaban J connectivity index is 1.62. The largest absolute Gasteiger partial charge is 0.497 e. The van der Waals surface area contributed by atoms with E-state index in [2.05, 4.69) is 16.5 Å². The Morgan fingerprint density at radius 3 is 2.88 bits per heavy atom. The van der Waals surface area contributed by atoms with Crippen molar-refractivity contribution in [3.8, 4) is 11.5 Å². The van der Waals surface area contributed by atoms with Gasteiger partial charge in [-0.2, -0.15) is 0 Å². The summed E-state index contributed by atoms with van der Waals surface area (Å²) in [5.41, 5.74) is 1.12. The molecule has 1 fully saturated rings. The summed E-state index contributed by atoms with van der Waals surface area (Å²) in [4.78, 5) is 18.9. The number of methoxy groups -OCH3 is 2. The van der Waals surface area contributed by atoms with Crippen molar-refractivity contribution in [3.05, 3.63) is 42.0 Å². The maximum absolute atomic E-state index is 12.6. The molecule has 2 aromatic rings. The van der Waals surface area contributed by atoms with Crippen molar-refractivity contribution >= 4 is 5.91 Å². The average Bonchev–Trinajstić information content (AvgIpc) is 3.34. The maximum Gasteiger partial charge on any atom is 0.224 e. The molecule has 2 heterocycles. The zero-order chi connectivity index (χ0) is 18.5. The first-order valence-corrected chi connectivity index (χ1v) is 9.16. The molecule has 1 atom stereocenters. The minimum Gasteiger partial charge on any atom is -0.497 e. The summed E-state index contributed by atoms with van der Waals surface area (Å²) in [5, 5.41) is 0. The van der Waals surface area contributed by atoms with E-state index in [4.69, 9.17) is 9.47 Å². The quantitative estimate of drug-likeness (QED) is 0.765. The van der Waals surface area contributed by atoms with E-state index in [1.807, 2.05) is 29.3 Å². The summed E-state index contributed by atoms with van der Waals surface area (Å²) in [6, 6.07) is 5.86. The van der Waals surface area contributed by atoms with E-state index in [-0.39, 0.29) is 11.8 Å². The van der Waals surface area contributed by atoms with Crippen LogP contribution in [-0.4, -0.2) is 47.7 Å². The number of carbonyl (C=O) groups is 1. The number of hydrogen-bond acceptors (Lipinski definition) is 4.